The molecule has 0 bridgehead atoms. The maximum atomic E-state index is 12.1. The summed E-state index contributed by atoms with van der Waals surface area (Å²) in [5.41, 5.74) is 8.95. The first-order chi connectivity index (χ1) is 9.60. The third kappa shape index (κ3) is 3.81. The van der Waals surface area contributed by atoms with Crippen molar-refractivity contribution < 1.29 is 4.79 Å². The van der Waals surface area contributed by atoms with Gasteiger partial charge < -0.3 is 11.1 Å². The highest BCUT2D eigenvalue weighted by Gasteiger charge is 2.19. The Morgan fingerprint density at radius 1 is 1.35 bits per heavy atom. The number of aryl methyl sites for hydroxylation is 1. The lowest BCUT2D eigenvalue weighted by molar-refractivity contribution is -0.117. The van der Waals surface area contributed by atoms with Crippen LogP contribution in [0.4, 0.5) is 5.69 Å². The van der Waals surface area contributed by atoms with E-state index in [-0.39, 0.29) is 5.91 Å². The van der Waals surface area contributed by atoms with Crippen molar-refractivity contribution in [1.29, 1.82) is 0 Å². The molecule has 1 aromatic carbocycles. The second kappa shape index (κ2) is 6.86. The van der Waals surface area contributed by atoms with E-state index in [4.69, 9.17) is 5.73 Å². The maximum absolute atomic E-state index is 12.1. The van der Waals surface area contributed by atoms with Crippen LogP contribution in [-0.2, 0) is 4.79 Å². The number of amides is 1. The van der Waals surface area contributed by atoms with E-state index in [1.165, 1.54) is 5.56 Å². The minimum absolute atomic E-state index is 0.0740. The number of carbonyl (C=O) groups excluding carboxylic acids is 1. The second-order valence-electron chi connectivity index (χ2n) is 5.75. The van der Waals surface area contributed by atoms with Crippen molar-refractivity contribution in [3.63, 3.8) is 0 Å². The van der Waals surface area contributed by atoms with Crippen LogP contribution in [0.5, 0.6) is 0 Å². The highest BCUT2D eigenvalue weighted by atomic mass is 16.2. The van der Waals surface area contributed by atoms with E-state index >= 15 is 0 Å². The molecule has 110 valence electrons. The molecule has 0 aromatic heterocycles. The number of nitrogens with zero attached hydrogens (tertiary/aromatic N) is 1. The Bertz CT molecular complexity index is 465. The minimum Gasteiger partial charge on any atom is -0.330 e. The number of rotatable bonds is 4. The van der Waals surface area contributed by atoms with Gasteiger partial charge in [-0.2, -0.15) is 0 Å². The summed E-state index contributed by atoms with van der Waals surface area (Å²) >= 11 is 0. The Kier molecular flexibility index (Phi) is 5.15. The molecule has 4 heteroatoms. The number of hydrogen-bond acceptors (Lipinski definition) is 3. The van der Waals surface area contributed by atoms with Crippen molar-refractivity contribution in [3.8, 4) is 0 Å². The fourth-order valence-corrected chi connectivity index (χ4v) is 2.66. The molecule has 1 aromatic rings. The molecule has 0 aliphatic carbocycles. The molecule has 3 N–H and O–H groups in total. The first-order valence-corrected chi connectivity index (χ1v) is 7.38. The summed E-state index contributed by atoms with van der Waals surface area (Å²) in [4.78, 5) is 14.3. The average molecular weight is 275 g/mol. The van der Waals surface area contributed by atoms with Crippen LogP contribution < -0.4 is 11.1 Å². The first kappa shape index (κ1) is 15.0. The highest BCUT2D eigenvalue weighted by molar-refractivity contribution is 5.93. The monoisotopic (exact) mass is 275 g/mol. The molecule has 1 fully saturated rings. The summed E-state index contributed by atoms with van der Waals surface area (Å²) in [6.45, 7) is 7.29. The van der Waals surface area contributed by atoms with E-state index in [1.54, 1.807) is 0 Å². The Morgan fingerprint density at radius 3 is 2.70 bits per heavy atom. The summed E-state index contributed by atoms with van der Waals surface area (Å²) in [5, 5.41) is 3.02. The van der Waals surface area contributed by atoms with Gasteiger partial charge in [-0.05, 0) is 69.4 Å². The molecule has 1 aliphatic heterocycles. The smallest absolute Gasteiger partial charge is 0.238 e. The highest BCUT2D eigenvalue weighted by Crippen LogP contribution is 2.19. The van der Waals surface area contributed by atoms with E-state index in [0.29, 0.717) is 12.5 Å². The molecule has 1 saturated heterocycles. The number of anilines is 1. The molecule has 1 aliphatic rings. The number of nitrogens with one attached hydrogen (secondary N) is 1. The van der Waals surface area contributed by atoms with Crippen molar-refractivity contribution in [3.05, 3.63) is 29.3 Å². The quantitative estimate of drug-likeness (QED) is 0.882. The summed E-state index contributed by atoms with van der Waals surface area (Å²) < 4.78 is 0. The van der Waals surface area contributed by atoms with Crippen LogP contribution in [0.1, 0.15) is 24.0 Å². The van der Waals surface area contributed by atoms with Gasteiger partial charge in [0.15, 0.2) is 0 Å². The molecule has 0 spiro atoms. The van der Waals surface area contributed by atoms with Crippen molar-refractivity contribution in [2.24, 2.45) is 11.7 Å². The van der Waals surface area contributed by atoms with E-state index < -0.39 is 0 Å². The Balaban J connectivity index is 1.85. The zero-order valence-electron chi connectivity index (χ0n) is 12.5. The van der Waals surface area contributed by atoms with Crippen LogP contribution in [0.25, 0.3) is 0 Å². The van der Waals surface area contributed by atoms with Gasteiger partial charge in [0.2, 0.25) is 5.91 Å². The number of nitrogens with two attached hydrogens (primary N) is 1. The molecule has 0 saturated carbocycles. The number of benzene rings is 1. The van der Waals surface area contributed by atoms with E-state index in [1.807, 2.05) is 19.1 Å². The predicted octanol–water partition coefficient (Wildman–Crippen LogP) is 1.91. The van der Waals surface area contributed by atoms with Gasteiger partial charge in [-0.3, -0.25) is 9.69 Å². The molecular formula is C16H25N3O. The van der Waals surface area contributed by atoms with Crippen LogP contribution >= 0.6 is 0 Å². The first-order valence-electron chi connectivity index (χ1n) is 7.38. The molecule has 0 radical (unpaired) electrons. The third-order valence-corrected chi connectivity index (χ3v) is 4.29. The normalized spacial score (nSPS) is 17.1. The van der Waals surface area contributed by atoms with Crippen molar-refractivity contribution in [2.45, 2.75) is 26.7 Å². The van der Waals surface area contributed by atoms with Gasteiger partial charge in [0.1, 0.15) is 0 Å². The van der Waals surface area contributed by atoms with Crippen LogP contribution in [0.15, 0.2) is 18.2 Å². The molecule has 1 heterocycles. The van der Waals surface area contributed by atoms with Crippen LogP contribution in [-0.4, -0.2) is 37.0 Å². The van der Waals surface area contributed by atoms with E-state index in [9.17, 15) is 4.79 Å². The standard InChI is InChI=1S/C16H25N3O/c1-12-4-3-5-15(13(12)2)18-16(20)11-19-8-6-14(10-17)7-9-19/h3-5,14H,6-11,17H2,1-2H3,(H,18,20). The lowest BCUT2D eigenvalue weighted by Gasteiger charge is -2.30. The molecule has 0 atom stereocenters. The number of carbonyl (C=O) groups is 1. The average Bonchev–Trinajstić information content (AvgIpc) is 2.45. The Labute approximate surface area is 121 Å². The summed E-state index contributed by atoms with van der Waals surface area (Å²) in [6.07, 6.45) is 2.21. The van der Waals surface area contributed by atoms with Gasteiger partial charge in [-0.15, -0.1) is 0 Å². The molecule has 0 unspecified atom stereocenters. The second-order valence-corrected chi connectivity index (χ2v) is 5.75. The number of hydrogen-bond donors (Lipinski definition) is 2. The molecule has 1 amide bonds. The zero-order chi connectivity index (χ0) is 14.5. The Hall–Kier alpha value is -1.39. The molecular weight excluding hydrogens is 250 g/mol. The summed E-state index contributed by atoms with van der Waals surface area (Å²) in [6, 6.07) is 5.99. The SMILES string of the molecule is Cc1cccc(NC(=O)CN2CCC(CN)CC2)c1C. The maximum Gasteiger partial charge on any atom is 0.238 e. The third-order valence-electron chi connectivity index (χ3n) is 4.29. The van der Waals surface area contributed by atoms with Gasteiger partial charge in [0.05, 0.1) is 6.54 Å². The molecule has 4 nitrogen and oxygen atoms in total. The fourth-order valence-electron chi connectivity index (χ4n) is 2.66. The molecule has 2 rings (SSSR count). The lowest BCUT2D eigenvalue weighted by Crippen LogP contribution is -2.40. The summed E-state index contributed by atoms with van der Waals surface area (Å²) in [7, 11) is 0. The van der Waals surface area contributed by atoms with Crippen LogP contribution in [0, 0.1) is 19.8 Å². The van der Waals surface area contributed by atoms with Gasteiger partial charge >= 0.3 is 0 Å². The largest absolute Gasteiger partial charge is 0.330 e. The topological polar surface area (TPSA) is 58.4 Å². The number of likely N-dealkylation sites (tertiary alicyclic amines) is 1. The van der Waals surface area contributed by atoms with Gasteiger partial charge in [-0.1, -0.05) is 12.1 Å². The predicted molar refractivity (Wildman–Crippen MR) is 82.8 cm³/mol. The van der Waals surface area contributed by atoms with Gasteiger partial charge in [0, 0.05) is 5.69 Å². The van der Waals surface area contributed by atoms with E-state index in [2.05, 4.69) is 23.2 Å². The molecule has 20 heavy (non-hydrogen) atoms. The van der Waals surface area contributed by atoms with Crippen LogP contribution in [0.2, 0.25) is 0 Å². The van der Waals surface area contributed by atoms with Gasteiger partial charge in [-0.25, -0.2) is 0 Å². The zero-order valence-corrected chi connectivity index (χ0v) is 12.5. The van der Waals surface area contributed by atoms with Crippen molar-refractivity contribution in [2.75, 3.05) is 31.5 Å². The fraction of sp³-hybridized carbons (Fsp3) is 0.562. The summed E-state index contributed by atoms with van der Waals surface area (Å²) in [5.74, 6) is 0.707. The van der Waals surface area contributed by atoms with E-state index in [0.717, 1.165) is 43.7 Å². The number of piperidine rings is 1. The lowest BCUT2D eigenvalue weighted by atomic mass is 9.97. The minimum atomic E-state index is 0.0740. The van der Waals surface area contributed by atoms with Crippen LogP contribution in [0.3, 0.4) is 0 Å². The van der Waals surface area contributed by atoms with Crippen molar-refractivity contribution in [1.82, 2.24) is 4.90 Å². The Morgan fingerprint density at radius 2 is 2.05 bits per heavy atom. The van der Waals surface area contributed by atoms with Gasteiger partial charge in [0.25, 0.3) is 0 Å². The van der Waals surface area contributed by atoms with Crippen molar-refractivity contribution >= 4 is 11.6 Å².